The van der Waals surface area contributed by atoms with E-state index in [-0.39, 0.29) is 6.10 Å². The van der Waals surface area contributed by atoms with E-state index in [0.717, 1.165) is 51.7 Å². The molecule has 100 valence electrons. The molecule has 3 unspecified atom stereocenters. The second-order valence-electron chi connectivity index (χ2n) is 5.61. The molecule has 0 aromatic rings. The number of aliphatic hydroxyl groups is 1. The van der Waals surface area contributed by atoms with Crippen LogP contribution in [-0.4, -0.2) is 36.1 Å². The van der Waals surface area contributed by atoms with Crippen molar-refractivity contribution in [2.24, 2.45) is 0 Å². The fourth-order valence-corrected chi connectivity index (χ4v) is 3.02. The number of ether oxygens (including phenoxy) is 2. The van der Waals surface area contributed by atoms with Gasteiger partial charge in [-0.1, -0.05) is 6.92 Å². The second-order valence-corrected chi connectivity index (χ2v) is 5.61. The van der Waals surface area contributed by atoms with Gasteiger partial charge in [0.2, 0.25) is 0 Å². The molecular weight excluding hydrogens is 216 g/mol. The van der Waals surface area contributed by atoms with Gasteiger partial charge in [-0.25, -0.2) is 0 Å². The molecule has 0 aromatic carbocycles. The molecule has 3 nitrogen and oxygen atoms in total. The van der Waals surface area contributed by atoms with Crippen molar-refractivity contribution in [3.05, 3.63) is 0 Å². The first-order chi connectivity index (χ1) is 8.22. The summed E-state index contributed by atoms with van der Waals surface area (Å²) in [6.07, 6.45) is 8.86. The topological polar surface area (TPSA) is 38.7 Å². The maximum Gasteiger partial charge on any atom is 0.0694 e. The maximum absolute atomic E-state index is 10.5. The molecule has 17 heavy (non-hydrogen) atoms. The second kappa shape index (κ2) is 6.17. The molecule has 1 N–H and O–H groups in total. The van der Waals surface area contributed by atoms with Crippen LogP contribution in [0, 0.1) is 0 Å². The summed E-state index contributed by atoms with van der Waals surface area (Å²) >= 11 is 0. The normalized spacial score (nSPS) is 38.5. The molecule has 2 rings (SSSR count). The van der Waals surface area contributed by atoms with Crippen LogP contribution in [0.3, 0.4) is 0 Å². The molecule has 3 heteroatoms. The molecule has 0 radical (unpaired) electrons. The van der Waals surface area contributed by atoms with Gasteiger partial charge in [-0.3, -0.25) is 0 Å². The fourth-order valence-electron chi connectivity index (χ4n) is 3.02. The Morgan fingerprint density at radius 1 is 1.24 bits per heavy atom. The van der Waals surface area contributed by atoms with Gasteiger partial charge in [0.15, 0.2) is 0 Å². The minimum atomic E-state index is -0.475. The monoisotopic (exact) mass is 242 g/mol. The van der Waals surface area contributed by atoms with Crippen molar-refractivity contribution < 1.29 is 14.6 Å². The molecule has 2 aliphatic heterocycles. The minimum Gasteiger partial charge on any atom is -0.390 e. The molecule has 0 bridgehead atoms. The Labute approximate surface area is 104 Å². The first-order valence-corrected chi connectivity index (χ1v) is 7.17. The van der Waals surface area contributed by atoms with Crippen LogP contribution in [0.4, 0.5) is 0 Å². The van der Waals surface area contributed by atoms with Gasteiger partial charge in [-0.15, -0.1) is 0 Å². The molecule has 3 atom stereocenters. The lowest BCUT2D eigenvalue weighted by atomic mass is 9.84. The van der Waals surface area contributed by atoms with Crippen molar-refractivity contribution in [3.8, 4) is 0 Å². The van der Waals surface area contributed by atoms with Gasteiger partial charge in [-0.2, -0.15) is 0 Å². The summed E-state index contributed by atoms with van der Waals surface area (Å²) in [5.41, 5.74) is -0.475. The van der Waals surface area contributed by atoms with Crippen LogP contribution in [0.15, 0.2) is 0 Å². The van der Waals surface area contributed by atoms with Crippen LogP contribution in [-0.2, 0) is 9.47 Å². The van der Waals surface area contributed by atoms with Gasteiger partial charge in [-0.05, 0) is 44.9 Å². The van der Waals surface area contributed by atoms with Crippen molar-refractivity contribution in [1.29, 1.82) is 0 Å². The zero-order valence-electron chi connectivity index (χ0n) is 11.0. The van der Waals surface area contributed by atoms with Crippen molar-refractivity contribution >= 4 is 0 Å². The van der Waals surface area contributed by atoms with E-state index in [2.05, 4.69) is 6.92 Å². The van der Waals surface area contributed by atoms with Gasteiger partial charge in [0.25, 0.3) is 0 Å². The predicted octanol–water partition coefficient (Wildman–Crippen LogP) is 2.66. The molecule has 0 amide bonds. The van der Waals surface area contributed by atoms with E-state index in [1.54, 1.807) is 0 Å². The Morgan fingerprint density at radius 2 is 2.06 bits per heavy atom. The van der Waals surface area contributed by atoms with Crippen LogP contribution in [0.25, 0.3) is 0 Å². The Morgan fingerprint density at radius 3 is 2.76 bits per heavy atom. The molecule has 0 spiro atoms. The number of rotatable bonds is 5. The SMILES string of the molecule is CCC1CC(O)(CCCC2CCCO2)CCO1. The summed E-state index contributed by atoms with van der Waals surface area (Å²) in [5, 5.41) is 10.5. The zero-order chi connectivity index (χ0) is 12.1. The Balaban J connectivity index is 1.69. The van der Waals surface area contributed by atoms with E-state index in [1.807, 2.05) is 0 Å². The van der Waals surface area contributed by atoms with E-state index in [4.69, 9.17) is 9.47 Å². The molecule has 2 saturated heterocycles. The van der Waals surface area contributed by atoms with E-state index >= 15 is 0 Å². The Bertz CT molecular complexity index is 226. The summed E-state index contributed by atoms with van der Waals surface area (Å²) in [4.78, 5) is 0. The number of hydrogen-bond acceptors (Lipinski definition) is 3. The van der Waals surface area contributed by atoms with Crippen LogP contribution in [0.1, 0.15) is 58.3 Å². The lowest BCUT2D eigenvalue weighted by Gasteiger charge is -2.37. The standard InChI is InChI=1S/C14H26O3/c1-2-12-11-14(15,8-10-17-12)7-3-5-13-6-4-9-16-13/h12-13,15H,2-11H2,1H3. The highest BCUT2D eigenvalue weighted by Gasteiger charge is 2.34. The van der Waals surface area contributed by atoms with Gasteiger partial charge in [0, 0.05) is 19.6 Å². The van der Waals surface area contributed by atoms with E-state index in [0.29, 0.717) is 6.10 Å². The zero-order valence-corrected chi connectivity index (χ0v) is 11.0. The maximum atomic E-state index is 10.5. The lowest BCUT2D eigenvalue weighted by Crippen LogP contribution is -2.40. The Kier molecular flexibility index (Phi) is 4.83. The molecule has 0 aliphatic carbocycles. The third-order valence-electron chi connectivity index (χ3n) is 4.18. The average molecular weight is 242 g/mol. The summed E-state index contributed by atoms with van der Waals surface area (Å²) in [6, 6.07) is 0. The third-order valence-corrected chi connectivity index (χ3v) is 4.18. The average Bonchev–Trinajstić information content (AvgIpc) is 2.82. The van der Waals surface area contributed by atoms with Crippen LogP contribution in [0.2, 0.25) is 0 Å². The quantitative estimate of drug-likeness (QED) is 0.805. The Hall–Kier alpha value is -0.120. The van der Waals surface area contributed by atoms with Crippen molar-refractivity contribution in [2.45, 2.75) is 76.1 Å². The first kappa shape index (κ1) is 13.3. The van der Waals surface area contributed by atoms with Crippen molar-refractivity contribution in [3.63, 3.8) is 0 Å². The summed E-state index contributed by atoms with van der Waals surface area (Å²) in [7, 11) is 0. The predicted molar refractivity (Wildman–Crippen MR) is 67.0 cm³/mol. The lowest BCUT2D eigenvalue weighted by molar-refractivity contribution is -0.109. The number of hydrogen-bond donors (Lipinski definition) is 1. The van der Waals surface area contributed by atoms with Gasteiger partial charge < -0.3 is 14.6 Å². The van der Waals surface area contributed by atoms with Crippen LogP contribution >= 0.6 is 0 Å². The molecule has 0 saturated carbocycles. The van der Waals surface area contributed by atoms with Crippen molar-refractivity contribution in [2.75, 3.05) is 13.2 Å². The van der Waals surface area contributed by atoms with Crippen LogP contribution in [0.5, 0.6) is 0 Å². The molecule has 2 heterocycles. The fraction of sp³-hybridized carbons (Fsp3) is 1.00. The van der Waals surface area contributed by atoms with Crippen LogP contribution < -0.4 is 0 Å². The molecular formula is C14H26O3. The summed E-state index contributed by atoms with van der Waals surface area (Å²) < 4.78 is 11.2. The third kappa shape index (κ3) is 3.94. The smallest absolute Gasteiger partial charge is 0.0694 e. The highest BCUT2D eigenvalue weighted by Crippen LogP contribution is 2.31. The molecule has 0 aromatic heterocycles. The van der Waals surface area contributed by atoms with E-state index in [9.17, 15) is 5.11 Å². The first-order valence-electron chi connectivity index (χ1n) is 7.17. The molecule has 2 fully saturated rings. The van der Waals surface area contributed by atoms with Gasteiger partial charge >= 0.3 is 0 Å². The van der Waals surface area contributed by atoms with E-state index < -0.39 is 5.60 Å². The minimum absolute atomic E-state index is 0.261. The summed E-state index contributed by atoms with van der Waals surface area (Å²) in [6.45, 7) is 3.78. The van der Waals surface area contributed by atoms with Gasteiger partial charge in [0.1, 0.15) is 0 Å². The highest BCUT2D eigenvalue weighted by atomic mass is 16.5. The van der Waals surface area contributed by atoms with E-state index in [1.165, 1.54) is 12.8 Å². The molecule has 2 aliphatic rings. The highest BCUT2D eigenvalue weighted by molar-refractivity contribution is 4.85. The summed E-state index contributed by atoms with van der Waals surface area (Å²) in [5.74, 6) is 0. The van der Waals surface area contributed by atoms with Crippen molar-refractivity contribution in [1.82, 2.24) is 0 Å². The largest absolute Gasteiger partial charge is 0.390 e. The van der Waals surface area contributed by atoms with Gasteiger partial charge in [0.05, 0.1) is 17.8 Å².